The topological polar surface area (TPSA) is 68.4 Å². The van der Waals surface area contributed by atoms with E-state index in [-0.39, 0.29) is 5.78 Å². The van der Waals surface area contributed by atoms with Gasteiger partial charge in [-0.15, -0.1) is 0 Å². The van der Waals surface area contributed by atoms with Gasteiger partial charge in [0.25, 0.3) is 0 Å². The summed E-state index contributed by atoms with van der Waals surface area (Å²) >= 11 is 0. The van der Waals surface area contributed by atoms with Crippen LogP contribution in [0.5, 0.6) is 0 Å². The summed E-state index contributed by atoms with van der Waals surface area (Å²) in [5.74, 6) is -0.144. The van der Waals surface area contributed by atoms with E-state index in [1.54, 1.807) is 46.8 Å². The van der Waals surface area contributed by atoms with Crippen LogP contribution in [0.15, 0.2) is 12.2 Å². The Bertz CT molecular complexity index is 530. The van der Waals surface area contributed by atoms with Crippen LogP contribution >= 0.6 is 0 Å². The molecule has 20 heavy (non-hydrogen) atoms. The van der Waals surface area contributed by atoms with Crippen LogP contribution in [0.1, 0.15) is 34.6 Å². The van der Waals surface area contributed by atoms with Gasteiger partial charge in [0.2, 0.25) is 5.78 Å². The number of Topliss-reactive ketones (excluding diaryl/α,β-unsaturated/α-hetero) is 1. The number of hydroxylamine groups is 2. The highest BCUT2D eigenvalue weighted by atomic mass is 16.8. The molecule has 0 aromatic carbocycles. The Hall–Kier alpha value is -1.40. The van der Waals surface area contributed by atoms with Gasteiger partial charge >= 0.3 is 6.09 Å². The first-order valence-corrected chi connectivity index (χ1v) is 6.66. The van der Waals surface area contributed by atoms with E-state index in [2.05, 4.69) is 0 Å². The minimum Gasteiger partial charge on any atom is -0.442 e. The summed E-state index contributed by atoms with van der Waals surface area (Å²) in [4.78, 5) is 30.4. The fraction of sp³-hybridized carbons (Fsp3) is 0.714. The second-order valence-electron chi connectivity index (χ2n) is 6.90. The minimum atomic E-state index is -1.18. The van der Waals surface area contributed by atoms with Crippen LogP contribution in [0, 0.1) is 0 Å². The van der Waals surface area contributed by atoms with Gasteiger partial charge in [0.15, 0.2) is 11.2 Å². The molecule has 0 radical (unpaired) electrons. The van der Waals surface area contributed by atoms with E-state index < -0.39 is 28.4 Å². The monoisotopic (exact) mass is 281 g/mol. The van der Waals surface area contributed by atoms with Crippen molar-refractivity contribution in [1.29, 1.82) is 0 Å². The highest BCUT2D eigenvalue weighted by molar-refractivity contribution is 6.03. The number of hydrogen-bond acceptors (Lipinski definition) is 5. The van der Waals surface area contributed by atoms with Crippen molar-refractivity contribution in [3.05, 3.63) is 12.2 Å². The first-order chi connectivity index (χ1) is 9.04. The molecule has 0 N–H and O–H groups in total. The summed E-state index contributed by atoms with van der Waals surface area (Å²) in [7, 11) is 0. The summed E-state index contributed by atoms with van der Waals surface area (Å²) in [6.07, 6.45) is 2.87. The van der Waals surface area contributed by atoms with Crippen LogP contribution in [0.2, 0.25) is 0 Å². The second-order valence-corrected chi connectivity index (χ2v) is 6.90. The molecule has 1 spiro atoms. The number of carbonyl (C=O) groups excluding carboxylic acids is 2. The van der Waals surface area contributed by atoms with Gasteiger partial charge in [-0.3, -0.25) is 4.79 Å². The summed E-state index contributed by atoms with van der Waals surface area (Å²) < 4.78 is 10.8. The fourth-order valence-corrected chi connectivity index (χ4v) is 2.78. The highest BCUT2D eigenvalue weighted by Crippen LogP contribution is 2.54. The van der Waals surface area contributed by atoms with Crippen LogP contribution in [0.4, 0.5) is 4.79 Å². The molecule has 3 heterocycles. The average Bonchev–Trinajstić information content (AvgIpc) is 3.09. The molecule has 2 fully saturated rings. The summed E-state index contributed by atoms with van der Waals surface area (Å²) in [5, 5.41) is 1.15. The van der Waals surface area contributed by atoms with Crippen LogP contribution in [0.3, 0.4) is 0 Å². The molecule has 6 heteroatoms. The van der Waals surface area contributed by atoms with E-state index in [0.29, 0.717) is 6.61 Å². The van der Waals surface area contributed by atoms with Crippen molar-refractivity contribution in [2.24, 2.45) is 0 Å². The number of ketones is 1. The SMILES string of the molecule is CC(C)(C)OC(=O)N1O[C@@]2(C)C=C[C@]1(C)[C@@]1(CO1)C2=O. The molecule has 6 nitrogen and oxygen atoms in total. The molecule has 0 aromatic heterocycles. The standard InChI is InChI=1S/C14H19NO5/c1-11(2,3)19-10(17)15-13(5)7-6-12(4,20-15)9(16)14(13)8-18-14/h6-7H,8H2,1-5H3/t12-,13+,14+/m0/s1. The van der Waals surface area contributed by atoms with Crippen molar-refractivity contribution in [3.8, 4) is 0 Å². The highest BCUT2D eigenvalue weighted by Gasteiger charge is 2.76. The minimum absolute atomic E-state index is 0.144. The number of carbonyl (C=O) groups is 2. The zero-order valence-electron chi connectivity index (χ0n) is 12.4. The molecule has 4 aliphatic rings. The van der Waals surface area contributed by atoms with Crippen molar-refractivity contribution in [1.82, 2.24) is 5.06 Å². The number of nitrogens with zero attached hydrogens (tertiary/aromatic N) is 1. The first-order valence-electron chi connectivity index (χ1n) is 6.66. The van der Waals surface area contributed by atoms with Crippen molar-refractivity contribution in [3.63, 3.8) is 0 Å². The summed E-state index contributed by atoms with van der Waals surface area (Å²) in [5.41, 5.74) is -3.78. The van der Waals surface area contributed by atoms with Crippen LogP contribution in [-0.4, -0.2) is 45.9 Å². The maximum Gasteiger partial charge on any atom is 0.435 e. The zero-order valence-corrected chi connectivity index (χ0v) is 12.4. The van der Waals surface area contributed by atoms with Crippen LogP contribution in [0.25, 0.3) is 0 Å². The Morgan fingerprint density at radius 1 is 1.35 bits per heavy atom. The predicted octanol–water partition coefficient (Wildman–Crippen LogP) is 1.59. The van der Waals surface area contributed by atoms with Crippen molar-refractivity contribution in [2.45, 2.75) is 57.0 Å². The number of fused-ring (bicyclic) bond motifs is 1. The Kier molecular flexibility index (Phi) is 2.33. The number of rotatable bonds is 0. The Balaban J connectivity index is 1.98. The molecule has 1 aliphatic carbocycles. The van der Waals surface area contributed by atoms with E-state index in [0.717, 1.165) is 5.06 Å². The van der Waals surface area contributed by atoms with Gasteiger partial charge in [-0.05, 0) is 40.7 Å². The molecule has 110 valence electrons. The molecular formula is C14H19NO5. The van der Waals surface area contributed by atoms with E-state index in [9.17, 15) is 9.59 Å². The lowest BCUT2D eigenvalue weighted by molar-refractivity contribution is -0.276. The normalized spacial score (nSPS) is 42.2. The third kappa shape index (κ3) is 1.52. The molecule has 0 aromatic rings. The molecule has 2 bridgehead atoms. The van der Waals surface area contributed by atoms with E-state index >= 15 is 0 Å². The van der Waals surface area contributed by atoms with E-state index in [1.807, 2.05) is 0 Å². The summed E-state index contributed by atoms with van der Waals surface area (Å²) in [6.45, 7) is 9.01. The van der Waals surface area contributed by atoms with Gasteiger partial charge in [-0.2, -0.15) is 5.06 Å². The quantitative estimate of drug-likeness (QED) is 0.498. The fourth-order valence-electron chi connectivity index (χ4n) is 2.78. The van der Waals surface area contributed by atoms with E-state index in [1.165, 1.54) is 0 Å². The van der Waals surface area contributed by atoms with E-state index in [4.69, 9.17) is 14.3 Å². The maximum atomic E-state index is 12.5. The molecule has 0 saturated carbocycles. The zero-order chi connectivity index (χ0) is 15.0. The number of epoxide rings is 1. The first kappa shape index (κ1) is 13.6. The average molecular weight is 281 g/mol. The van der Waals surface area contributed by atoms with Crippen molar-refractivity contribution < 1.29 is 23.9 Å². The number of hydrogen-bond donors (Lipinski definition) is 0. The number of amides is 1. The lowest BCUT2D eigenvalue weighted by Crippen LogP contribution is -2.74. The third-order valence-electron chi connectivity index (χ3n) is 4.06. The van der Waals surface area contributed by atoms with Crippen molar-refractivity contribution in [2.75, 3.05) is 6.61 Å². The molecule has 0 unspecified atom stereocenters. The van der Waals surface area contributed by atoms with Gasteiger partial charge in [-0.25, -0.2) is 9.63 Å². The van der Waals surface area contributed by atoms with Gasteiger partial charge < -0.3 is 9.47 Å². The molecule has 4 rings (SSSR count). The Labute approximate surface area is 117 Å². The van der Waals surface area contributed by atoms with Crippen molar-refractivity contribution >= 4 is 11.9 Å². The second kappa shape index (κ2) is 3.43. The third-order valence-corrected chi connectivity index (χ3v) is 4.06. The van der Waals surface area contributed by atoms with Gasteiger partial charge in [-0.1, -0.05) is 6.08 Å². The van der Waals surface area contributed by atoms with Gasteiger partial charge in [0, 0.05) is 0 Å². The van der Waals surface area contributed by atoms with Crippen LogP contribution in [-0.2, 0) is 19.1 Å². The largest absolute Gasteiger partial charge is 0.442 e. The molecule has 3 aliphatic heterocycles. The summed E-state index contributed by atoms with van der Waals surface area (Å²) in [6, 6.07) is 0. The maximum absolute atomic E-state index is 12.5. The molecular weight excluding hydrogens is 262 g/mol. The lowest BCUT2D eigenvalue weighted by atomic mass is 9.70. The predicted molar refractivity (Wildman–Crippen MR) is 68.8 cm³/mol. The van der Waals surface area contributed by atoms with Gasteiger partial charge in [0.1, 0.15) is 11.1 Å². The Morgan fingerprint density at radius 3 is 2.45 bits per heavy atom. The molecule has 3 atom stereocenters. The number of ether oxygens (including phenoxy) is 2. The smallest absolute Gasteiger partial charge is 0.435 e. The lowest BCUT2D eigenvalue weighted by Gasteiger charge is -2.53. The molecule has 1 amide bonds. The van der Waals surface area contributed by atoms with Crippen LogP contribution < -0.4 is 0 Å². The Morgan fingerprint density at radius 2 is 1.95 bits per heavy atom. The molecule has 2 saturated heterocycles. The van der Waals surface area contributed by atoms with Gasteiger partial charge in [0.05, 0.1) is 6.61 Å².